The predicted molar refractivity (Wildman–Crippen MR) is 85.2 cm³/mol. The molecule has 0 spiro atoms. The Morgan fingerprint density at radius 1 is 1.21 bits per heavy atom. The normalized spacial score (nSPS) is 28.7. The minimum atomic E-state index is -1.28. The molecule has 0 aromatic rings. The van der Waals surface area contributed by atoms with Crippen molar-refractivity contribution in [3.05, 3.63) is 0 Å². The van der Waals surface area contributed by atoms with E-state index >= 15 is 0 Å². The van der Waals surface area contributed by atoms with Crippen molar-refractivity contribution >= 4 is 23.3 Å². The molecule has 1 aliphatic carbocycles. The Labute approximate surface area is 142 Å². The summed E-state index contributed by atoms with van der Waals surface area (Å²) < 4.78 is 10.1. The van der Waals surface area contributed by atoms with Gasteiger partial charge < -0.3 is 9.47 Å². The molecule has 24 heavy (non-hydrogen) atoms. The zero-order valence-corrected chi connectivity index (χ0v) is 14.4. The number of carbonyl (C=O) groups is 4. The molecule has 0 amide bonds. The standard InChI is InChI=1S/C18H26O6/c1-3-4-13(19)16-14(20)10-12(9-11-5-7-24-8-6-11)15(17(16)21)18(22)23-2/h11-12,15-16H,3-10H2,1-2H3. The van der Waals surface area contributed by atoms with E-state index < -0.39 is 23.6 Å². The van der Waals surface area contributed by atoms with Gasteiger partial charge in [-0.1, -0.05) is 6.92 Å². The maximum absolute atomic E-state index is 12.7. The first-order chi connectivity index (χ1) is 11.5. The predicted octanol–water partition coefficient (Wildman–Crippen LogP) is 1.74. The van der Waals surface area contributed by atoms with Gasteiger partial charge in [0.25, 0.3) is 0 Å². The summed E-state index contributed by atoms with van der Waals surface area (Å²) in [6.07, 6.45) is 3.21. The van der Waals surface area contributed by atoms with Gasteiger partial charge in [-0.25, -0.2) is 0 Å². The van der Waals surface area contributed by atoms with Gasteiger partial charge in [0, 0.05) is 26.1 Å². The Balaban J connectivity index is 2.18. The van der Waals surface area contributed by atoms with Gasteiger partial charge >= 0.3 is 5.97 Å². The number of hydrogen-bond donors (Lipinski definition) is 0. The fourth-order valence-corrected chi connectivity index (χ4v) is 3.86. The molecule has 0 bridgehead atoms. The third-order valence-electron chi connectivity index (χ3n) is 5.10. The summed E-state index contributed by atoms with van der Waals surface area (Å²) in [6, 6.07) is 0. The lowest BCUT2D eigenvalue weighted by Crippen LogP contribution is -2.48. The van der Waals surface area contributed by atoms with Crippen molar-refractivity contribution in [2.75, 3.05) is 20.3 Å². The number of Topliss-reactive ketones (excluding diaryl/α,β-unsaturated/α-hetero) is 3. The number of rotatable bonds is 6. The van der Waals surface area contributed by atoms with Crippen molar-refractivity contribution < 1.29 is 28.7 Å². The Hall–Kier alpha value is -1.56. The van der Waals surface area contributed by atoms with E-state index in [0.717, 1.165) is 12.8 Å². The molecule has 0 N–H and O–H groups in total. The second-order valence-electron chi connectivity index (χ2n) is 6.77. The number of esters is 1. The van der Waals surface area contributed by atoms with E-state index in [0.29, 0.717) is 32.0 Å². The highest BCUT2D eigenvalue weighted by molar-refractivity contribution is 6.24. The Kier molecular flexibility index (Phi) is 6.66. The summed E-state index contributed by atoms with van der Waals surface area (Å²) in [5.41, 5.74) is 0. The first-order valence-corrected chi connectivity index (χ1v) is 8.74. The average Bonchev–Trinajstić information content (AvgIpc) is 2.55. The van der Waals surface area contributed by atoms with Crippen molar-refractivity contribution in [1.29, 1.82) is 0 Å². The van der Waals surface area contributed by atoms with Gasteiger partial charge in [-0.05, 0) is 37.5 Å². The van der Waals surface area contributed by atoms with Crippen LogP contribution in [0.3, 0.4) is 0 Å². The smallest absolute Gasteiger partial charge is 0.316 e. The fourth-order valence-electron chi connectivity index (χ4n) is 3.86. The molecule has 134 valence electrons. The van der Waals surface area contributed by atoms with E-state index in [-0.39, 0.29) is 30.3 Å². The third-order valence-corrected chi connectivity index (χ3v) is 5.10. The maximum Gasteiger partial charge on any atom is 0.316 e. The van der Waals surface area contributed by atoms with Crippen LogP contribution in [-0.4, -0.2) is 43.6 Å². The minimum absolute atomic E-state index is 0.100. The van der Waals surface area contributed by atoms with Crippen LogP contribution >= 0.6 is 0 Å². The van der Waals surface area contributed by atoms with Gasteiger partial charge in [0.1, 0.15) is 11.8 Å². The van der Waals surface area contributed by atoms with Gasteiger partial charge in [-0.15, -0.1) is 0 Å². The summed E-state index contributed by atoms with van der Waals surface area (Å²) in [6.45, 7) is 3.15. The van der Waals surface area contributed by atoms with Crippen LogP contribution in [0.15, 0.2) is 0 Å². The van der Waals surface area contributed by atoms with Crippen LogP contribution in [-0.2, 0) is 28.7 Å². The second kappa shape index (κ2) is 8.51. The highest BCUT2D eigenvalue weighted by atomic mass is 16.5. The summed E-state index contributed by atoms with van der Waals surface area (Å²) in [5, 5.41) is 0. The largest absolute Gasteiger partial charge is 0.468 e. The lowest BCUT2D eigenvalue weighted by molar-refractivity contribution is -0.158. The highest BCUT2D eigenvalue weighted by Gasteiger charge is 2.50. The molecule has 0 aromatic carbocycles. The summed E-state index contributed by atoms with van der Waals surface area (Å²) in [7, 11) is 1.24. The SMILES string of the molecule is CCCC(=O)C1C(=O)CC(CC2CCOCC2)C(C(=O)OC)C1=O. The van der Waals surface area contributed by atoms with E-state index in [1.165, 1.54) is 7.11 Å². The topological polar surface area (TPSA) is 86.7 Å². The molecule has 3 unspecified atom stereocenters. The second-order valence-corrected chi connectivity index (χ2v) is 6.77. The lowest BCUT2D eigenvalue weighted by Gasteiger charge is -2.34. The number of ketones is 3. The van der Waals surface area contributed by atoms with Crippen molar-refractivity contribution in [1.82, 2.24) is 0 Å². The fraction of sp³-hybridized carbons (Fsp3) is 0.778. The monoisotopic (exact) mass is 338 g/mol. The number of methoxy groups -OCH3 is 1. The molecule has 6 nitrogen and oxygen atoms in total. The van der Waals surface area contributed by atoms with E-state index in [2.05, 4.69) is 0 Å². The molecule has 3 atom stereocenters. The molecule has 2 rings (SSSR count). The molecule has 1 saturated carbocycles. The van der Waals surface area contributed by atoms with E-state index in [9.17, 15) is 19.2 Å². The molecule has 6 heteroatoms. The summed E-state index contributed by atoms with van der Waals surface area (Å²) in [5.74, 6) is -4.21. The van der Waals surface area contributed by atoms with Gasteiger partial charge in [0.2, 0.25) is 0 Å². The maximum atomic E-state index is 12.7. The molecular formula is C18H26O6. The number of carbonyl (C=O) groups excluding carboxylic acids is 4. The summed E-state index contributed by atoms with van der Waals surface area (Å²) >= 11 is 0. The van der Waals surface area contributed by atoms with Crippen LogP contribution in [0.4, 0.5) is 0 Å². The van der Waals surface area contributed by atoms with Crippen LogP contribution < -0.4 is 0 Å². The van der Waals surface area contributed by atoms with Crippen LogP contribution in [0.25, 0.3) is 0 Å². The molecule has 1 aliphatic heterocycles. The van der Waals surface area contributed by atoms with E-state index in [1.807, 2.05) is 6.92 Å². The minimum Gasteiger partial charge on any atom is -0.468 e. The van der Waals surface area contributed by atoms with Gasteiger partial charge in [0.15, 0.2) is 17.3 Å². The van der Waals surface area contributed by atoms with Crippen molar-refractivity contribution in [3.8, 4) is 0 Å². The molecule has 0 radical (unpaired) electrons. The summed E-state index contributed by atoms with van der Waals surface area (Å²) in [4.78, 5) is 49.5. The Bertz CT molecular complexity index is 506. The van der Waals surface area contributed by atoms with Crippen molar-refractivity contribution in [2.24, 2.45) is 23.7 Å². The number of ether oxygens (including phenoxy) is 2. The molecular weight excluding hydrogens is 312 g/mol. The van der Waals surface area contributed by atoms with Crippen LogP contribution in [0, 0.1) is 23.7 Å². The zero-order valence-electron chi connectivity index (χ0n) is 14.4. The van der Waals surface area contributed by atoms with Gasteiger partial charge in [-0.2, -0.15) is 0 Å². The quantitative estimate of drug-likeness (QED) is 0.541. The third kappa shape index (κ3) is 4.09. The number of hydrogen-bond acceptors (Lipinski definition) is 6. The first kappa shape index (κ1) is 18.8. The van der Waals surface area contributed by atoms with Gasteiger partial charge in [0.05, 0.1) is 7.11 Å². The lowest BCUT2D eigenvalue weighted by atomic mass is 9.67. The Morgan fingerprint density at radius 3 is 2.46 bits per heavy atom. The molecule has 1 heterocycles. The Morgan fingerprint density at radius 2 is 1.88 bits per heavy atom. The molecule has 2 fully saturated rings. The molecule has 0 aromatic heterocycles. The first-order valence-electron chi connectivity index (χ1n) is 8.74. The molecule has 2 aliphatic rings. The average molecular weight is 338 g/mol. The zero-order chi connectivity index (χ0) is 17.7. The van der Waals surface area contributed by atoms with Crippen molar-refractivity contribution in [3.63, 3.8) is 0 Å². The van der Waals surface area contributed by atoms with E-state index in [1.54, 1.807) is 0 Å². The van der Waals surface area contributed by atoms with E-state index in [4.69, 9.17) is 9.47 Å². The highest BCUT2D eigenvalue weighted by Crippen LogP contribution is 2.37. The van der Waals surface area contributed by atoms with Crippen molar-refractivity contribution in [2.45, 2.75) is 45.4 Å². The van der Waals surface area contributed by atoms with Crippen LogP contribution in [0.2, 0.25) is 0 Å². The van der Waals surface area contributed by atoms with Gasteiger partial charge in [-0.3, -0.25) is 19.2 Å². The van der Waals surface area contributed by atoms with Crippen LogP contribution in [0.1, 0.15) is 45.4 Å². The molecule has 1 saturated heterocycles. The van der Waals surface area contributed by atoms with Crippen LogP contribution in [0.5, 0.6) is 0 Å².